The minimum Gasteiger partial charge on any atom is -0.479 e. The molecule has 0 aliphatic carbocycles. The standard InChI is InChI=1S/C11H22O4/c1-8(2)7-14-5-6-15-10(9(3)4)11(12)13/h8-10H,5-7H2,1-4H3,(H,12,13). The van der Waals surface area contributed by atoms with Crippen molar-refractivity contribution in [3.63, 3.8) is 0 Å². The molecule has 0 aromatic rings. The van der Waals surface area contributed by atoms with Gasteiger partial charge in [0.25, 0.3) is 0 Å². The van der Waals surface area contributed by atoms with E-state index in [1.807, 2.05) is 13.8 Å². The molecule has 15 heavy (non-hydrogen) atoms. The molecule has 0 spiro atoms. The lowest BCUT2D eigenvalue weighted by molar-refractivity contribution is -0.154. The Kier molecular flexibility index (Phi) is 7.34. The van der Waals surface area contributed by atoms with E-state index in [4.69, 9.17) is 14.6 Å². The average molecular weight is 218 g/mol. The van der Waals surface area contributed by atoms with Gasteiger partial charge in [0, 0.05) is 6.61 Å². The van der Waals surface area contributed by atoms with Gasteiger partial charge in [-0.2, -0.15) is 0 Å². The highest BCUT2D eigenvalue weighted by atomic mass is 16.5. The maximum Gasteiger partial charge on any atom is 0.333 e. The molecule has 0 radical (unpaired) electrons. The van der Waals surface area contributed by atoms with Crippen molar-refractivity contribution in [2.75, 3.05) is 19.8 Å². The van der Waals surface area contributed by atoms with Crippen LogP contribution in [0.5, 0.6) is 0 Å². The zero-order valence-corrected chi connectivity index (χ0v) is 10.0. The average Bonchev–Trinajstić information content (AvgIpc) is 2.08. The van der Waals surface area contributed by atoms with Crippen molar-refractivity contribution in [1.29, 1.82) is 0 Å². The zero-order valence-electron chi connectivity index (χ0n) is 10.0. The fraction of sp³-hybridized carbons (Fsp3) is 0.909. The van der Waals surface area contributed by atoms with E-state index in [1.165, 1.54) is 0 Å². The lowest BCUT2D eigenvalue weighted by atomic mass is 10.1. The van der Waals surface area contributed by atoms with E-state index in [0.29, 0.717) is 25.7 Å². The number of hydrogen-bond acceptors (Lipinski definition) is 3. The van der Waals surface area contributed by atoms with Gasteiger partial charge in [0.05, 0.1) is 13.2 Å². The van der Waals surface area contributed by atoms with Crippen molar-refractivity contribution in [3.8, 4) is 0 Å². The summed E-state index contributed by atoms with van der Waals surface area (Å²) in [6.45, 7) is 9.25. The van der Waals surface area contributed by atoms with Crippen LogP contribution in [-0.4, -0.2) is 37.0 Å². The molecule has 1 atom stereocenters. The van der Waals surface area contributed by atoms with Crippen molar-refractivity contribution < 1.29 is 19.4 Å². The van der Waals surface area contributed by atoms with Gasteiger partial charge < -0.3 is 14.6 Å². The fourth-order valence-corrected chi connectivity index (χ4v) is 1.10. The molecule has 0 rings (SSSR count). The van der Waals surface area contributed by atoms with Gasteiger partial charge >= 0.3 is 5.97 Å². The summed E-state index contributed by atoms with van der Waals surface area (Å²) >= 11 is 0. The minimum absolute atomic E-state index is 0.0207. The predicted molar refractivity (Wildman–Crippen MR) is 57.9 cm³/mol. The highest BCUT2D eigenvalue weighted by Crippen LogP contribution is 2.06. The van der Waals surface area contributed by atoms with E-state index in [-0.39, 0.29) is 5.92 Å². The Labute approximate surface area is 91.6 Å². The van der Waals surface area contributed by atoms with Gasteiger partial charge in [-0.25, -0.2) is 4.79 Å². The van der Waals surface area contributed by atoms with Crippen LogP contribution >= 0.6 is 0 Å². The molecular weight excluding hydrogens is 196 g/mol. The minimum atomic E-state index is -0.908. The number of hydrogen-bond donors (Lipinski definition) is 1. The number of carbonyl (C=O) groups is 1. The Hall–Kier alpha value is -0.610. The highest BCUT2D eigenvalue weighted by Gasteiger charge is 2.21. The monoisotopic (exact) mass is 218 g/mol. The van der Waals surface area contributed by atoms with Crippen molar-refractivity contribution in [2.45, 2.75) is 33.8 Å². The second-order valence-corrected chi connectivity index (χ2v) is 4.34. The molecule has 4 heteroatoms. The molecule has 0 aliphatic heterocycles. The molecule has 0 fully saturated rings. The molecule has 1 N–H and O–H groups in total. The fourth-order valence-electron chi connectivity index (χ4n) is 1.10. The third-order valence-corrected chi connectivity index (χ3v) is 1.83. The topological polar surface area (TPSA) is 55.8 Å². The first-order valence-electron chi connectivity index (χ1n) is 5.37. The SMILES string of the molecule is CC(C)COCCOC(C(=O)O)C(C)C. The van der Waals surface area contributed by atoms with Crippen LogP contribution < -0.4 is 0 Å². The number of aliphatic carboxylic acids is 1. The first kappa shape index (κ1) is 14.4. The third kappa shape index (κ3) is 7.33. The maximum atomic E-state index is 10.7. The second-order valence-electron chi connectivity index (χ2n) is 4.34. The number of ether oxygens (including phenoxy) is 2. The van der Waals surface area contributed by atoms with E-state index < -0.39 is 12.1 Å². The summed E-state index contributed by atoms with van der Waals surface area (Å²) in [6, 6.07) is 0. The van der Waals surface area contributed by atoms with Crippen molar-refractivity contribution in [2.24, 2.45) is 11.8 Å². The first-order chi connectivity index (χ1) is 6.95. The van der Waals surface area contributed by atoms with E-state index in [2.05, 4.69) is 13.8 Å². The summed E-state index contributed by atoms with van der Waals surface area (Å²) in [5.41, 5.74) is 0. The van der Waals surface area contributed by atoms with Gasteiger partial charge in [-0.1, -0.05) is 27.7 Å². The Morgan fingerprint density at radius 3 is 2.20 bits per heavy atom. The highest BCUT2D eigenvalue weighted by molar-refractivity contribution is 5.72. The van der Waals surface area contributed by atoms with Gasteiger partial charge in [0.2, 0.25) is 0 Å². The molecule has 0 heterocycles. The summed E-state index contributed by atoms with van der Waals surface area (Å²) in [6.07, 6.45) is -0.729. The molecule has 0 bridgehead atoms. The largest absolute Gasteiger partial charge is 0.479 e. The number of carboxylic acids is 1. The Bertz CT molecular complexity index is 177. The molecule has 0 saturated carbocycles. The summed E-state index contributed by atoms with van der Waals surface area (Å²) in [4.78, 5) is 10.7. The molecule has 0 aromatic heterocycles. The molecule has 0 aromatic carbocycles. The lowest BCUT2D eigenvalue weighted by Gasteiger charge is -2.17. The van der Waals surface area contributed by atoms with E-state index >= 15 is 0 Å². The maximum absolute atomic E-state index is 10.7. The Morgan fingerprint density at radius 2 is 1.80 bits per heavy atom. The van der Waals surface area contributed by atoms with Crippen LogP contribution in [0.25, 0.3) is 0 Å². The van der Waals surface area contributed by atoms with Crippen molar-refractivity contribution >= 4 is 5.97 Å². The summed E-state index contributed by atoms with van der Waals surface area (Å²) < 4.78 is 10.5. The van der Waals surface area contributed by atoms with Crippen molar-refractivity contribution in [3.05, 3.63) is 0 Å². The van der Waals surface area contributed by atoms with E-state index in [1.54, 1.807) is 0 Å². The molecular formula is C11H22O4. The quantitative estimate of drug-likeness (QED) is 0.631. The second kappa shape index (κ2) is 7.65. The number of carboxylic acid groups (broad SMARTS) is 1. The van der Waals surface area contributed by atoms with Crippen LogP contribution in [-0.2, 0) is 14.3 Å². The molecule has 0 saturated heterocycles. The van der Waals surface area contributed by atoms with Crippen LogP contribution in [0.2, 0.25) is 0 Å². The van der Waals surface area contributed by atoms with Crippen LogP contribution in [0.3, 0.4) is 0 Å². The predicted octanol–water partition coefficient (Wildman–Crippen LogP) is 1.78. The van der Waals surface area contributed by atoms with E-state index in [0.717, 1.165) is 0 Å². The Morgan fingerprint density at radius 1 is 1.20 bits per heavy atom. The van der Waals surface area contributed by atoms with Crippen molar-refractivity contribution in [1.82, 2.24) is 0 Å². The van der Waals surface area contributed by atoms with Gasteiger partial charge in [-0.3, -0.25) is 0 Å². The van der Waals surface area contributed by atoms with Gasteiger partial charge in [0.15, 0.2) is 6.10 Å². The van der Waals surface area contributed by atoms with Gasteiger partial charge in [-0.15, -0.1) is 0 Å². The van der Waals surface area contributed by atoms with Crippen LogP contribution in [0.1, 0.15) is 27.7 Å². The van der Waals surface area contributed by atoms with Crippen LogP contribution in [0, 0.1) is 11.8 Å². The summed E-state index contributed by atoms with van der Waals surface area (Å²) in [7, 11) is 0. The normalized spacial score (nSPS) is 13.5. The van der Waals surface area contributed by atoms with Gasteiger partial charge in [0.1, 0.15) is 0 Å². The van der Waals surface area contributed by atoms with Gasteiger partial charge in [-0.05, 0) is 11.8 Å². The summed E-state index contributed by atoms with van der Waals surface area (Å²) in [5, 5.41) is 8.82. The molecule has 0 aliphatic rings. The summed E-state index contributed by atoms with van der Waals surface area (Å²) in [5.74, 6) is -0.438. The van der Waals surface area contributed by atoms with Crippen LogP contribution in [0.4, 0.5) is 0 Å². The molecule has 4 nitrogen and oxygen atoms in total. The Balaban J connectivity index is 3.59. The smallest absolute Gasteiger partial charge is 0.333 e. The molecule has 90 valence electrons. The molecule has 0 amide bonds. The third-order valence-electron chi connectivity index (χ3n) is 1.83. The first-order valence-corrected chi connectivity index (χ1v) is 5.37. The van der Waals surface area contributed by atoms with E-state index in [9.17, 15) is 4.79 Å². The van der Waals surface area contributed by atoms with Crippen LogP contribution in [0.15, 0.2) is 0 Å². The number of rotatable bonds is 8. The zero-order chi connectivity index (χ0) is 11.8. The molecule has 1 unspecified atom stereocenters. The lowest BCUT2D eigenvalue weighted by Crippen LogP contribution is -2.30.